The van der Waals surface area contributed by atoms with Crippen LogP contribution in [0.5, 0.6) is 0 Å². The van der Waals surface area contributed by atoms with E-state index in [0.29, 0.717) is 12.5 Å². The van der Waals surface area contributed by atoms with Crippen molar-refractivity contribution in [2.45, 2.75) is 38.6 Å². The Morgan fingerprint density at radius 2 is 2.00 bits per heavy atom. The van der Waals surface area contributed by atoms with Crippen molar-refractivity contribution in [3.05, 3.63) is 35.9 Å². The molecule has 1 amide bonds. The molecule has 5 nitrogen and oxygen atoms in total. The molecule has 1 fully saturated rings. The molecule has 1 aromatic rings. The fraction of sp³-hybridized carbons (Fsp3) is 0.579. The van der Waals surface area contributed by atoms with E-state index >= 15 is 0 Å². The summed E-state index contributed by atoms with van der Waals surface area (Å²) in [6, 6.07) is 10.3. The van der Waals surface area contributed by atoms with Gasteiger partial charge in [0.25, 0.3) is 0 Å². The number of amides is 1. The van der Waals surface area contributed by atoms with E-state index in [-0.39, 0.29) is 0 Å². The van der Waals surface area contributed by atoms with Gasteiger partial charge in [0.2, 0.25) is 5.91 Å². The van der Waals surface area contributed by atoms with E-state index in [1.807, 2.05) is 42.1 Å². The SMILES string of the molecule is CN(C)C(=NCc1ccccc1)NCCCN1CCCCCC1=O. The third-order valence-corrected chi connectivity index (χ3v) is 4.24. The van der Waals surface area contributed by atoms with E-state index in [9.17, 15) is 4.79 Å². The van der Waals surface area contributed by atoms with Gasteiger partial charge in [-0.1, -0.05) is 36.8 Å². The quantitative estimate of drug-likeness (QED) is 0.495. The molecule has 0 radical (unpaired) electrons. The molecule has 1 aliphatic rings. The smallest absolute Gasteiger partial charge is 0.222 e. The van der Waals surface area contributed by atoms with Crippen LogP contribution in [-0.4, -0.2) is 55.4 Å². The molecule has 0 aromatic heterocycles. The Morgan fingerprint density at radius 1 is 1.21 bits per heavy atom. The van der Waals surface area contributed by atoms with Crippen LogP contribution in [0.1, 0.15) is 37.7 Å². The number of rotatable bonds is 6. The number of hydrogen-bond donors (Lipinski definition) is 1. The Hall–Kier alpha value is -2.04. The van der Waals surface area contributed by atoms with Gasteiger partial charge in [-0.25, -0.2) is 4.99 Å². The minimum absolute atomic E-state index is 0.318. The minimum Gasteiger partial charge on any atom is -0.356 e. The van der Waals surface area contributed by atoms with Crippen LogP contribution >= 0.6 is 0 Å². The van der Waals surface area contributed by atoms with Gasteiger partial charge in [0.15, 0.2) is 5.96 Å². The predicted molar refractivity (Wildman–Crippen MR) is 98.9 cm³/mol. The van der Waals surface area contributed by atoms with Gasteiger partial charge in [-0.2, -0.15) is 0 Å². The Balaban J connectivity index is 1.76. The first-order valence-electron chi connectivity index (χ1n) is 8.94. The Morgan fingerprint density at radius 3 is 2.75 bits per heavy atom. The standard InChI is InChI=1S/C19H30N4O/c1-22(2)19(21-16-17-10-5-3-6-11-17)20-13-9-15-23-14-8-4-7-12-18(23)24/h3,5-6,10-11H,4,7-9,12-16H2,1-2H3,(H,20,21). The molecule has 1 N–H and O–H groups in total. The van der Waals surface area contributed by atoms with Crippen molar-refractivity contribution >= 4 is 11.9 Å². The van der Waals surface area contributed by atoms with E-state index in [0.717, 1.165) is 51.3 Å². The van der Waals surface area contributed by atoms with Gasteiger partial charge >= 0.3 is 0 Å². The van der Waals surface area contributed by atoms with E-state index in [1.54, 1.807) is 0 Å². The number of carbonyl (C=O) groups excluding carboxylic acids is 1. The van der Waals surface area contributed by atoms with Crippen LogP contribution in [0.25, 0.3) is 0 Å². The second-order valence-corrected chi connectivity index (χ2v) is 6.49. The average Bonchev–Trinajstić information content (AvgIpc) is 2.79. The Labute approximate surface area is 145 Å². The van der Waals surface area contributed by atoms with Crippen LogP contribution in [0.4, 0.5) is 0 Å². The second kappa shape index (κ2) is 9.96. The zero-order valence-electron chi connectivity index (χ0n) is 15.0. The molecular formula is C19H30N4O. The molecule has 132 valence electrons. The lowest BCUT2D eigenvalue weighted by molar-refractivity contribution is -0.130. The zero-order chi connectivity index (χ0) is 17.2. The highest BCUT2D eigenvalue weighted by atomic mass is 16.2. The van der Waals surface area contributed by atoms with Gasteiger partial charge in [-0.3, -0.25) is 4.79 Å². The molecule has 2 rings (SSSR count). The molecule has 0 bridgehead atoms. The van der Waals surface area contributed by atoms with E-state index < -0.39 is 0 Å². The average molecular weight is 330 g/mol. The highest BCUT2D eigenvalue weighted by molar-refractivity contribution is 5.79. The van der Waals surface area contributed by atoms with Gasteiger partial charge in [0, 0.05) is 40.2 Å². The van der Waals surface area contributed by atoms with Crippen molar-refractivity contribution < 1.29 is 4.79 Å². The predicted octanol–water partition coefficient (Wildman–Crippen LogP) is 2.49. The van der Waals surface area contributed by atoms with E-state index in [2.05, 4.69) is 22.4 Å². The van der Waals surface area contributed by atoms with Gasteiger partial charge in [-0.05, 0) is 24.8 Å². The lowest BCUT2D eigenvalue weighted by atomic mass is 10.2. The molecule has 0 spiro atoms. The highest BCUT2D eigenvalue weighted by Gasteiger charge is 2.15. The summed E-state index contributed by atoms with van der Waals surface area (Å²) in [5.74, 6) is 1.21. The van der Waals surface area contributed by atoms with Crippen LogP contribution in [0, 0.1) is 0 Å². The summed E-state index contributed by atoms with van der Waals surface area (Å²) in [6.07, 6.45) is 5.03. The molecule has 1 aromatic carbocycles. The number of hydrogen-bond acceptors (Lipinski definition) is 2. The first-order valence-corrected chi connectivity index (χ1v) is 8.94. The number of carbonyl (C=O) groups is 1. The molecule has 5 heteroatoms. The largest absolute Gasteiger partial charge is 0.356 e. The molecule has 1 aliphatic heterocycles. The maximum atomic E-state index is 12.0. The number of guanidine groups is 1. The van der Waals surface area contributed by atoms with E-state index in [1.165, 1.54) is 12.0 Å². The third kappa shape index (κ3) is 6.22. The first kappa shape index (κ1) is 18.3. The molecule has 1 saturated heterocycles. The summed E-state index contributed by atoms with van der Waals surface area (Å²) in [5.41, 5.74) is 1.20. The molecular weight excluding hydrogens is 300 g/mol. The molecule has 0 saturated carbocycles. The number of aliphatic imine (C=N–C) groups is 1. The van der Waals surface area contributed by atoms with Crippen molar-refractivity contribution in [1.82, 2.24) is 15.1 Å². The van der Waals surface area contributed by atoms with E-state index in [4.69, 9.17) is 0 Å². The third-order valence-electron chi connectivity index (χ3n) is 4.24. The topological polar surface area (TPSA) is 47.9 Å². The van der Waals surface area contributed by atoms with Gasteiger partial charge in [0.05, 0.1) is 6.54 Å². The van der Waals surface area contributed by atoms with Crippen molar-refractivity contribution in [3.8, 4) is 0 Å². The Bertz CT molecular complexity index is 527. The molecule has 0 atom stereocenters. The fourth-order valence-corrected chi connectivity index (χ4v) is 2.85. The van der Waals surface area contributed by atoms with Crippen molar-refractivity contribution in [2.75, 3.05) is 33.7 Å². The summed E-state index contributed by atoms with van der Waals surface area (Å²) in [5, 5.41) is 3.40. The summed E-state index contributed by atoms with van der Waals surface area (Å²) in [4.78, 5) is 20.7. The van der Waals surface area contributed by atoms with Crippen LogP contribution in [0.2, 0.25) is 0 Å². The van der Waals surface area contributed by atoms with Gasteiger partial charge in [-0.15, -0.1) is 0 Å². The van der Waals surface area contributed by atoms with Crippen LogP contribution in [0.3, 0.4) is 0 Å². The highest BCUT2D eigenvalue weighted by Crippen LogP contribution is 2.11. The summed E-state index contributed by atoms with van der Waals surface area (Å²) in [7, 11) is 3.99. The maximum Gasteiger partial charge on any atom is 0.222 e. The number of likely N-dealkylation sites (tertiary alicyclic amines) is 1. The molecule has 0 unspecified atom stereocenters. The Kier molecular flexibility index (Phi) is 7.59. The maximum absolute atomic E-state index is 12.0. The first-order chi connectivity index (χ1) is 11.7. The molecule has 0 aliphatic carbocycles. The summed E-state index contributed by atoms with van der Waals surface area (Å²) >= 11 is 0. The summed E-state index contributed by atoms with van der Waals surface area (Å²) in [6.45, 7) is 3.26. The molecule has 1 heterocycles. The molecule has 24 heavy (non-hydrogen) atoms. The normalized spacial score (nSPS) is 16.0. The van der Waals surface area contributed by atoms with Crippen molar-refractivity contribution in [1.29, 1.82) is 0 Å². The van der Waals surface area contributed by atoms with Crippen molar-refractivity contribution in [2.24, 2.45) is 4.99 Å². The number of benzene rings is 1. The van der Waals surface area contributed by atoms with Crippen LogP contribution in [-0.2, 0) is 11.3 Å². The fourth-order valence-electron chi connectivity index (χ4n) is 2.85. The summed E-state index contributed by atoms with van der Waals surface area (Å²) < 4.78 is 0. The second-order valence-electron chi connectivity index (χ2n) is 6.49. The lowest BCUT2D eigenvalue weighted by Crippen LogP contribution is -2.39. The lowest BCUT2D eigenvalue weighted by Gasteiger charge is -2.22. The number of nitrogens with one attached hydrogen (secondary N) is 1. The van der Waals surface area contributed by atoms with Gasteiger partial charge in [0.1, 0.15) is 0 Å². The minimum atomic E-state index is 0.318. The van der Waals surface area contributed by atoms with Crippen LogP contribution < -0.4 is 5.32 Å². The van der Waals surface area contributed by atoms with Gasteiger partial charge < -0.3 is 15.1 Å². The zero-order valence-corrected chi connectivity index (χ0v) is 15.0. The number of nitrogens with zero attached hydrogens (tertiary/aromatic N) is 3. The van der Waals surface area contributed by atoms with Crippen LogP contribution in [0.15, 0.2) is 35.3 Å². The van der Waals surface area contributed by atoms with Crippen molar-refractivity contribution in [3.63, 3.8) is 0 Å². The monoisotopic (exact) mass is 330 g/mol.